The minimum atomic E-state index is -0.738. The van der Waals surface area contributed by atoms with Gasteiger partial charge in [0.15, 0.2) is 0 Å². The van der Waals surface area contributed by atoms with Crippen LogP contribution in [0, 0.1) is 6.92 Å². The maximum absolute atomic E-state index is 12.0. The summed E-state index contributed by atoms with van der Waals surface area (Å²) in [5.74, 6) is 0.229. The Morgan fingerprint density at radius 1 is 1.30 bits per heavy atom. The molecule has 4 nitrogen and oxygen atoms in total. The van der Waals surface area contributed by atoms with E-state index in [2.05, 4.69) is 4.98 Å². The largest absolute Gasteiger partial charge is 0.481 e. The van der Waals surface area contributed by atoms with Crippen LogP contribution in [-0.4, -0.2) is 20.6 Å². The number of hydrogen-bond acceptors (Lipinski definition) is 2. The SMILES string of the molecule is Cc1nc2cccc(C3(C(=O)O)CCCCC3)c2n1C. The maximum Gasteiger partial charge on any atom is 0.314 e. The Bertz CT molecular complexity index is 666. The minimum absolute atomic E-state index is 0.691. The second-order valence-electron chi connectivity index (χ2n) is 5.84. The number of hydrogen-bond donors (Lipinski definition) is 1. The van der Waals surface area contributed by atoms with Crippen LogP contribution in [-0.2, 0) is 17.3 Å². The first-order valence-electron chi connectivity index (χ1n) is 7.22. The predicted octanol–water partition coefficient (Wildman–Crippen LogP) is 3.17. The third-order valence-corrected chi connectivity index (χ3v) is 4.75. The van der Waals surface area contributed by atoms with E-state index in [9.17, 15) is 9.90 Å². The van der Waals surface area contributed by atoms with Crippen LogP contribution >= 0.6 is 0 Å². The zero-order chi connectivity index (χ0) is 14.3. The Labute approximate surface area is 118 Å². The van der Waals surface area contributed by atoms with Crippen molar-refractivity contribution in [3.8, 4) is 0 Å². The van der Waals surface area contributed by atoms with Gasteiger partial charge >= 0.3 is 5.97 Å². The third kappa shape index (κ3) is 1.74. The van der Waals surface area contributed by atoms with Gasteiger partial charge in [0, 0.05) is 7.05 Å². The number of carboxylic acid groups (broad SMARTS) is 1. The van der Waals surface area contributed by atoms with Gasteiger partial charge in [0.25, 0.3) is 0 Å². The fourth-order valence-electron chi connectivity index (χ4n) is 3.53. The summed E-state index contributed by atoms with van der Waals surface area (Å²) in [6.45, 7) is 1.96. The molecular formula is C16H20N2O2. The normalized spacial score (nSPS) is 18.3. The number of fused-ring (bicyclic) bond motifs is 1. The molecule has 0 saturated heterocycles. The van der Waals surface area contributed by atoms with Gasteiger partial charge in [-0.3, -0.25) is 4.79 Å². The molecule has 106 valence electrons. The molecule has 0 spiro atoms. The number of para-hydroxylation sites is 1. The van der Waals surface area contributed by atoms with Crippen molar-refractivity contribution in [1.29, 1.82) is 0 Å². The second-order valence-corrected chi connectivity index (χ2v) is 5.84. The summed E-state index contributed by atoms with van der Waals surface area (Å²) in [6, 6.07) is 5.87. The summed E-state index contributed by atoms with van der Waals surface area (Å²) in [7, 11) is 1.96. The quantitative estimate of drug-likeness (QED) is 0.913. The van der Waals surface area contributed by atoms with Crippen molar-refractivity contribution < 1.29 is 9.90 Å². The van der Waals surface area contributed by atoms with Crippen LogP contribution in [0.15, 0.2) is 18.2 Å². The summed E-state index contributed by atoms with van der Waals surface area (Å²) < 4.78 is 2.02. The molecule has 0 amide bonds. The molecule has 0 atom stereocenters. The van der Waals surface area contributed by atoms with Gasteiger partial charge in [-0.1, -0.05) is 31.4 Å². The summed E-state index contributed by atoms with van der Waals surface area (Å²) in [5.41, 5.74) is 2.08. The van der Waals surface area contributed by atoms with Gasteiger partial charge in [-0.05, 0) is 31.4 Å². The molecular weight excluding hydrogens is 252 g/mol. The Kier molecular flexibility index (Phi) is 3.04. The number of benzene rings is 1. The van der Waals surface area contributed by atoms with Crippen LogP contribution in [0.2, 0.25) is 0 Å². The van der Waals surface area contributed by atoms with Crippen LogP contribution in [0.1, 0.15) is 43.5 Å². The molecule has 4 heteroatoms. The van der Waals surface area contributed by atoms with Crippen molar-refractivity contribution >= 4 is 17.0 Å². The molecule has 1 fully saturated rings. The molecule has 1 aromatic heterocycles. The number of imidazole rings is 1. The predicted molar refractivity (Wildman–Crippen MR) is 77.8 cm³/mol. The number of aryl methyl sites for hydroxylation is 2. The molecule has 1 aromatic carbocycles. The van der Waals surface area contributed by atoms with E-state index < -0.39 is 11.4 Å². The van der Waals surface area contributed by atoms with E-state index in [1.54, 1.807) is 0 Å². The fraction of sp³-hybridized carbons (Fsp3) is 0.500. The van der Waals surface area contributed by atoms with Crippen molar-refractivity contribution in [3.63, 3.8) is 0 Å². The molecule has 0 aliphatic heterocycles. The first-order valence-corrected chi connectivity index (χ1v) is 7.22. The van der Waals surface area contributed by atoms with Crippen molar-refractivity contribution in [2.45, 2.75) is 44.4 Å². The smallest absolute Gasteiger partial charge is 0.314 e. The molecule has 1 aliphatic rings. The summed E-state index contributed by atoms with van der Waals surface area (Å²) in [6.07, 6.45) is 4.56. The van der Waals surface area contributed by atoms with Crippen LogP contribution in [0.4, 0.5) is 0 Å². The third-order valence-electron chi connectivity index (χ3n) is 4.75. The Morgan fingerprint density at radius 3 is 2.65 bits per heavy atom. The summed E-state index contributed by atoms with van der Waals surface area (Å²) in [4.78, 5) is 16.5. The monoisotopic (exact) mass is 272 g/mol. The standard InChI is InChI=1S/C16H20N2O2/c1-11-17-13-8-6-7-12(14(13)18(11)2)16(15(19)20)9-4-3-5-10-16/h6-8H,3-5,9-10H2,1-2H3,(H,19,20). The lowest BCUT2D eigenvalue weighted by Crippen LogP contribution is -2.38. The van der Waals surface area contributed by atoms with Crippen LogP contribution in [0.25, 0.3) is 11.0 Å². The number of carbonyl (C=O) groups is 1. The number of aliphatic carboxylic acids is 1. The van der Waals surface area contributed by atoms with Crippen molar-refractivity contribution in [3.05, 3.63) is 29.6 Å². The number of aromatic nitrogens is 2. The zero-order valence-corrected chi connectivity index (χ0v) is 12.0. The highest BCUT2D eigenvalue weighted by Crippen LogP contribution is 2.42. The second kappa shape index (κ2) is 4.62. The average Bonchev–Trinajstić information content (AvgIpc) is 2.75. The number of carboxylic acids is 1. The lowest BCUT2D eigenvalue weighted by atomic mass is 9.69. The fourth-order valence-corrected chi connectivity index (χ4v) is 3.53. The first kappa shape index (κ1) is 13.2. The lowest BCUT2D eigenvalue weighted by Gasteiger charge is -2.34. The van der Waals surface area contributed by atoms with E-state index in [4.69, 9.17) is 0 Å². The molecule has 2 aromatic rings. The van der Waals surface area contributed by atoms with E-state index in [0.717, 1.165) is 54.5 Å². The van der Waals surface area contributed by atoms with E-state index in [1.807, 2.05) is 36.7 Å². The van der Waals surface area contributed by atoms with Gasteiger partial charge in [0.2, 0.25) is 0 Å². The highest BCUT2D eigenvalue weighted by molar-refractivity contribution is 5.90. The van der Waals surface area contributed by atoms with Crippen LogP contribution in [0.5, 0.6) is 0 Å². The van der Waals surface area contributed by atoms with Gasteiger partial charge in [-0.15, -0.1) is 0 Å². The number of rotatable bonds is 2. The molecule has 0 bridgehead atoms. The van der Waals surface area contributed by atoms with E-state index in [1.165, 1.54) is 0 Å². The number of nitrogens with zero attached hydrogens (tertiary/aromatic N) is 2. The molecule has 1 saturated carbocycles. The van der Waals surface area contributed by atoms with Gasteiger partial charge in [-0.2, -0.15) is 0 Å². The first-order chi connectivity index (χ1) is 9.56. The molecule has 0 unspecified atom stereocenters. The average molecular weight is 272 g/mol. The maximum atomic E-state index is 12.0. The van der Waals surface area contributed by atoms with Crippen molar-refractivity contribution in [2.75, 3.05) is 0 Å². The van der Waals surface area contributed by atoms with Gasteiger partial charge < -0.3 is 9.67 Å². The van der Waals surface area contributed by atoms with E-state index in [-0.39, 0.29) is 0 Å². The zero-order valence-electron chi connectivity index (χ0n) is 12.0. The lowest BCUT2D eigenvalue weighted by molar-refractivity contribution is -0.145. The molecule has 3 rings (SSSR count). The van der Waals surface area contributed by atoms with Gasteiger partial charge in [0.1, 0.15) is 5.82 Å². The molecule has 1 aliphatic carbocycles. The molecule has 1 heterocycles. The van der Waals surface area contributed by atoms with Crippen LogP contribution < -0.4 is 0 Å². The van der Waals surface area contributed by atoms with Crippen molar-refractivity contribution in [2.24, 2.45) is 7.05 Å². The Balaban J connectivity index is 2.29. The summed E-state index contributed by atoms with van der Waals surface area (Å²) in [5, 5.41) is 9.87. The van der Waals surface area contributed by atoms with Crippen LogP contribution in [0.3, 0.4) is 0 Å². The summed E-state index contributed by atoms with van der Waals surface area (Å²) >= 11 is 0. The van der Waals surface area contributed by atoms with E-state index in [0.29, 0.717) is 0 Å². The van der Waals surface area contributed by atoms with Crippen molar-refractivity contribution in [1.82, 2.24) is 9.55 Å². The highest BCUT2D eigenvalue weighted by Gasteiger charge is 2.42. The Hall–Kier alpha value is -1.84. The van der Waals surface area contributed by atoms with Gasteiger partial charge in [0.05, 0.1) is 16.4 Å². The Morgan fingerprint density at radius 2 is 2.00 bits per heavy atom. The van der Waals surface area contributed by atoms with Gasteiger partial charge in [-0.25, -0.2) is 4.98 Å². The van der Waals surface area contributed by atoms with E-state index >= 15 is 0 Å². The topological polar surface area (TPSA) is 55.1 Å². The molecule has 1 N–H and O–H groups in total. The molecule has 20 heavy (non-hydrogen) atoms. The minimum Gasteiger partial charge on any atom is -0.481 e. The molecule has 0 radical (unpaired) electrons. The highest BCUT2D eigenvalue weighted by atomic mass is 16.4.